The van der Waals surface area contributed by atoms with E-state index in [1.807, 2.05) is 68.7 Å². The summed E-state index contributed by atoms with van der Waals surface area (Å²) in [4.78, 5) is 22.4. The molecule has 1 aliphatic rings. The van der Waals surface area contributed by atoms with Gasteiger partial charge in [0, 0.05) is 18.3 Å². The molecule has 37 heavy (non-hydrogen) atoms. The number of carbonyl (C=O) groups excluding carboxylic acids is 1. The molecule has 1 fully saturated rings. The lowest BCUT2D eigenvalue weighted by Gasteiger charge is -2.20. The minimum Gasteiger partial charge on any atom is -0.370 e. The van der Waals surface area contributed by atoms with Gasteiger partial charge in [0.25, 0.3) is 5.91 Å². The summed E-state index contributed by atoms with van der Waals surface area (Å²) in [5, 5.41) is 15.1. The zero-order chi connectivity index (χ0) is 26.2. The Morgan fingerprint density at radius 2 is 1.89 bits per heavy atom. The van der Waals surface area contributed by atoms with E-state index in [4.69, 9.17) is 4.98 Å². The first-order valence-corrected chi connectivity index (χ1v) is 12.7. The van der Waals surface area contributed by atoms with Crippen LogP contribution in [0.1, 0.15) is 60.8 Å². The predicted molar refractivity (Wildman–Crippen MR) is 146 cm³/mol. The summed E-state index contributed by atoms with van der Waals surface area (Å²) in [5.74, 6) is 1.41. The highest BCUT2D eigenvalue weighted by Gasteiger charge is 2.21. The number of aromatic nitrogens is 5. The quantitative estimate of drug-likeness (QED) is 0.341. The van der Waals surface area contributed by atoms with E-state index in [0.717, 1.165) is 46.5 Å². The molecular weight excluding hydrogens is 462 g/mol. The first-order valence-electron chi connectivity index (χ1n) is 12.7. The number of aryl methyl sites for hydroxylation is 2. The molecule has 1 aromatic carbocycles. The summed E-state index contributed by atoms with van der Waals surface area (Å²) in [6.45, 7) is 11.2. The van der Waals surface area contributed by atoms with Crippen LogP contribution in [0.5, 0.6) is 0 Å². The van der Waals surface area contributed by atoms with Gasteiger partial charge in [0.05, 0.1) is 29.0 Å². The number of hydrogen-bond acceptors (Lipinski definition) is 6. The molecule has 0 saturated heterocycles. The molecule has 0 spiro atoms. The van der Waals surface area contributed by atoms with Crippen LogP contribution in [-0.2, 0) is 5.41 Å². The van der Waals surface area contributed by atoms with Gasteiger partial charge in [-0.05, 0) is 79.5 Å². The lowest BCUT2D eigenvalue weighted by molar-refractivity contribution is 0.102. The van der Waals surface area contributed by atoms with Crippen molar-refractivity contribution in [3.05, 3.63) is 77.2 Å². The van der Waals surface area contributed by atoms with E-state index in [1.54, 1.807) is 4.68 Å². The van der Waals surface area contributed by atoms with Crippen molar-refractivity contribution in [2.24, 2.45) is 5.92 Å². The third-order valence-electron chi connectivity index (χ3n) is 6.69. The molecule has 4 aromatic rings. The van der Waals surface area contributed by atoms with Gasteiger partial charge in [-0.25, -0.2) is 9.67 Å². The Morgan fingerprint density at radius 3 is 2.65 bits per heavy atom. The fraction of sp³-hybridized carbons (Fsp3) is 0.345. The van der Waals surface area contributed by atoms with Crippen LogP contribution >= 0.6 is 0 Å². The first-order chi connectivity index (χ1) is 17.7. The van der Waals surface area contributed by atoms with Gasteiger partial charge in [0.15, 0.2) is 0 Å². The van der Waals surface area contributed by atoms with E-state index >= 15 is 0 Å². The summed E-state index contributed by atoms with van der Waals surface area (Å²) >= 11 is 0. The van der Waals surface area contributed by atoms with Gasteiger partial charge in [-0.2, -0.15) is 0 Å². The molecule has 8 nitrogen and oxygen atoms in total. The zero-order valence-electron chi connectivity index (χ0n) is 22.0. The number of amides is 1. The normalized spacial score (nSPS) is 13.4. The Morgan fingerprint density at radius 1 is 1.08 bits per heavy atom. The second-order valence-corrected chi connectivity index (χ2v) is 10.8. The molecule has 8 heteroatoms. The monoisotopic (exact) mass is 495 g/mol. The Kier molecular flexibility index (Phi) is 6.50. The molecule has 0 unspecified atom stereocenters. The molecule has 0 atom stereocenters. The van der Waals surface area contributed by atoms with Crippen molar-refractivity contribution in [2.75, 3.05) is 17.2 Å². The number of pyridine rings is 2. The maximum atomic E-state index is 13.2. The van der Waals surface area contributed by atoms with E-state index in [0.29, 0.717) is 16.9 Å². The number of nitrogens with one attached hydrogen (secondary N) is 2. The van der Waals surface area contributed by atoms with E-state index in [1.165, 1.54) is 12.8 Å². The third-order valence-corrected chi connectivity index (χ3v) is 6.69. The van der Waals surface area contributed by atoms with Gasteiger partial charge in [-0.1, -0.05) is 38.1 Å². The summed E-state index contributed by atoms with van der Waals surface area (Å²) in [5.41, 5.74) is 6.20. The fourth-order valence-corrected chi connectivity index (χ4v) is 4.01. The predicted octanol–water partition coefficient (Wildman–Crippen LogP) is 5.71. The summed E-state index contributed by atoms with van der Waals surface area (Å²) in [6.07, 6.45) is 6.29. The van der Waals surface area contributed by atoms with Crippen LogP contribution in [0, 0.1) is 19.8 Å². The smallest absolute Gasteiger partial charge is 0.255 e. The number of carbonyl (C=O) groups is 1. The van der Waals surface area contributed by atoms with E-state index in [-0.39, 0.29) is 11.3 Å². The van der Waals surface area contributed by atoms with Crippen molar-refractivity contribution in [3.8, 4) is 17.1 Å². The molecule has 3 aromatic heterocycles. The molecule has 0 radical (unpaired) electrons. The molecule has 2 N–H and O–H groups in total. The van der Waals surface area contributed by atoms with Crippen molar-refractivity contribution >= 4 is 17.4 Å². The topological polar surface area (TPSA) is 97.6 Å². The summed E-state index contributed by atoms with van der Waals surface area (Å²) in [7, 11) is 0. The number of rotatable bonds is 7. The maximum Gasteiger partial charge on any atom is 0.255 e. The molecular formula is C29H33N7O. The van der Waals surface area contributed by atoms with Gasteiger partial charge in [0.2, 0.25) is 0 Å². The second kappa shape index (κ2) is 9.76. The SMILES string of the molecule is Cc1ccc(C(=O)Nc2cc(C(C)(C)C)cnc2C)cc1-n1cc(-c2cccc(NCC3CC3)n2)nn1. The molecule has 3 heterocycles. The number of hydrogen-bond donors (Lipinski definition) is 2. The maximum absolute atomic E-state index is 13.2. The number of nitrogens with zero attached hydrogens (tertiary/aromatic N) is 5. The van der Waals surface area contributed by atoms with Crippen LogP contribution in [0.25, 0.3) is 17.1 Å². The fourth-order valence-electron chi connectivity index (χ4n) is 4.01. The van der Waals surface area contributed by atoms with Crippen molar-refractivity contribution in [3.63, 3.8) is 0 Å². The number of anilines is 2. The Hall–Kier alpha value is -4.07. The summed E-state index contributed by atoms with van der Waals surface area (Å²) in [6, 6.07) is 13.4. The average Bonchev–Trinajstić information content (AvgIpc) is 3.57. The molecule has 0 bridgehead atoms. The van der Waals surface area contributed by atoms with Gasteiger partial charge < -0.3 is 10.6 Å². The molecule has 1 aliphatic carbocycles. The van der Waals surface area contributed by atoms with Crippen LogP contribution < -0.4 is 10.6 Å². The number of benzene rings is 1. The highest BCUT2D eigenvalue weighted by molar-refractivity contribution is 6.05. The van der Waals surface area contributed by atoms with E-state index in [9.17, 15) is 4.79 Å². The molecule has 190 valence electrons. The Bertz CT molecular complexity index is 1450. The standard InChI is InChI=1S/C29H33N7O/c1-18-9-12-21(28(37)33-24-14-22(29(3,4)5)16-30-19(24)2)13-26(18)36-17-25(34-35-36)23-7-6-8-27(32-23)31-15-20-10-11-20/h6-9,12-14,16-17,20H,10-11,15H2,1-5H3,(H,31,32)(H,33,37). The Balaban J connectivity index is 1.37. The lowest BCUT2D eigenvalue weighted by Crippen LogP contribution is -2.17. The van der Waals surface area contributed by atoms with Crippen molar-refractivity contribution < 1.29 is 4.79 Å². The van der Waals surface area contributed by atoms with Gasteiger partial charge in [-0.3, -0.25) is 9.78 Å². The molecule has 0 aliphatic heterocycles. The minimum atomic E-state index is -0.200. The Labute approximate surface area is 217 Å². The zero-order valence-corrected chi connectivity index (χ0v) is 22.0. The average molecular weight is 496 g/mol. The second-order valence-electron chi connectivity index (χ2n) is 10.8. The van der Waals surface area contributed by atoms with Crippen molar-refractivity contribution in [1.29, 1.82) is 0 Å². The van der Waals surface area contributed by atoms with Gasteiger partial charge in [-0.15, -0.1) is 5.10 Å². The van der Waals surface area contributed by atoms with Crippen LogP contribution in [0.2, 0.25) is 0 Å². The summed E-state index contributed by atoms with van der Waals surface area (Å²) < 4.78 is 1.69. The lowest BCUT2D eigenvalue weighted by atomic mass is 9.88. The minimum absolute atomic E-state index is 0.0658. The van der Waals surface area contributed by atoms with Crippen LogP contribution in [0.4, 0.5) is 11.5 Å². The van der Waals surface area contributed by atoms with Crippen LogP contribution in [-0.4, -0.2) is 37.4 Å². The third kappa shape index (κ3) is 5.69. The van der Waals surface area contributed by atoms with E-state index < -0.39 is 0 Å². The molecule has 1 saturated carbocycles. The van der Waals surface area contributed by atoms with Crippen molar-refractivity contribution in [2.45, 2.75) is 52.9 Å². The van der Waals surface area contributed by atoms with Gasteiger partial charge >= 0.3 is 0 Å². The van der Waals surface area contributed by atoms with Gasteiger partial charge in [0.1, 0.15) is 11.5 Å². The molecule has 5 rings (SSSR count). The molecule has 1 amide bonds. The largest absolute Gasteiger partial charge is 0.370 e. The van der Waals surface area contributed by atoms with Crippen LogP contribution in [0.15, 0.2) is 54.9 Å². The highest BCUT2D eigenvalue weighted by Crippen LogP contribution is 2.29. The highest BCUT2D eigenvalue weighted by atomic mass is 16.1. The van der Waals surface area contributed by atoms with E-state index in [2.05, 4.69) is 46.7 Å². The van der Waals surface area contributed by atoms with Crippen LogP contribution in [0.3, 0.4) is 0 Å². The van der Waals surface area contributed by atoms with Crippen molar-refractivity contribution in [1.82, 2.24) is 25.0 Å². The first kappa shape index (κ1) is 24.6.